The Morgan fingerprint density at radius 3 is 2.47 bits per heavy atom. The summed E-state index contributed by atoms with van der Waals surface area (Å²) in [6.45, 7) is 7.96. The number of aryl methyl sites for hydroxylation is 2. The van der Waals surface area contributed by atoms with E-state index in [0.29, 0.717) is 0 Å². The molecule has 0 aliphatic carbocycles. The number of aliphatic hydroxyl groups is 1. The third-order valence-electron chi connectivity index (χ3n) is 3.53. The predicted octanol–water partition coefficient (Wildman–Crippen LogP) is 2.88. The van der Waals surface area contributed by atoms with E-state index in [0.717, 1.165) is 56.5 Å². The van der Waals surface area contributed by atoms with E-state index in [1.54, 1.807) is 7.11 Å². The molecule has 0 bridgehead atoms. The molecular formula is C15H28N2O2. The van der Waals surface area contributed by atoms with Gasteiger partial charge in [0.1, 0.15) is 0 Å². The van der Waals surface area contributed by atoms with E-state index >= 15 is 0 Å². The molecule has 1 rings (SSSR count). The van der Waals surface area contributed by atoms with Gasteiger partial charge < -0.3 is 9.84 Å². The molecule has 0 saturated carbocycles. The number of rotatable bonds is 9. The smallest absolute Gasteiger partial charge is 0.0823 e. The van der Waals surface area contributed by atoms with Crippen LogP contribution in [0.3, 0.4) is 0 Å². The molecule has 0 aromatic carbocycles. The molecule has 0 fully saturated rings. The van der Waals surface area contributed by atoms with Crippen molar-refractivity contribution in [1.82, 2.24) is 9.78 Å². The molecule has 1 aromatic heterocycles. The Morgan fingerprint density at radius 1 is 1.21 bits per heavy atom. The highest BCUT2D eigenvalue weighted by Gasteiger charge is 2.20. The van der Waals surface area contributed by atoms with Crippen molar-refractivity contribution >= 4 is 0 Å². The van der Waals surface area contributed by atoms with E-state index in [-0.39, 0.29) is 6.10 Å². The summed E-state index contributed by atoms with van der Waals surface area (Å²) in [6, 6.07) is 0. The second-order valence-corrected chi connectivity index (χ2v) is 4.86. The summed E-state index contributed by atoms with van der Waals surface area (Å²) in [5, 5.41) is 14.9. The zero-order valence-electron chi connectivity index (χ0n) is 12.8. The Hall–Kier alpha value is -0.870. The summed E-state index contributed by atoms with van der Waals surface area (Å²) in [4.78, 5) is 0. The van der Waals surface area contributed by atoms with Crippen LogP contribution in [0.2, 0.25) is 0 Å². The second-order valence-electron chi connectivity index (χ2n) is 4.86. The van der Waals surface area contributed by atoms with Gasteiger partial charge in [0.2, 0.25) is 0 Å². The van der Waals surface area contributed by atoms with Crippen LogP contribution in [0.1, 0.15) is 63.1 Å². The van der Waals surface area contributed by atoms with Gasteiger partial charge in [-0.2, -0.15) is 5.10 Å². The Morgan fingerprint density at radius 2 is 1.95 bits per heavy atom. The summed E-state index contributed by atoms with van der Waals surface area (Å²) in [5.41, 5.74) is 3.32. The van der Waals surface area contributed by atoms with Gasteiger partial charge in [-0.05, 0) is 32.1 Å². The van der Waals surface area contributed by atoms with Crippen LogP contribution in [0.15, 0.2) is 0 Å². The van der Waals surface area contributed by atoms with Gasteiger partial charge in [-0.3, -0.25) is 4.68 Å². The highest BCUT2D eigenvalue weighted by Crippen LogP contribution is 2.26. The molecule has 4 heteroatoms. The number of unbranched alkanes of at least 4 members (excludes halogenated alkanes) is 1. The van der Waals surface area contributed by atoms with E-state index in [9.17, 15) is 5.11 Å². The number of ether oxygens (including phenoxy) is 1. The fourth-order valence-electron chi connectivity index (χ4n) is 2.48. The third-order valence-corrected chi connectivity index (χ3v) is 3.53. The van der Waals surface area contributed by atoms with Crippen molar-refractivity contribution in [2.24, 2.45) is 0 Å². The number of aliphatic hydroxyl groups excluding tert-OH is 1. The van der Waals surface area contributed by atoms with Crippen LogP contribution in [-0.2, 0) is 24.1 Å². The molecule has 1 atom stereocenters. The first-order valence-electron chi connectivity index (χ1n) is 7.44. The number of aromatic nitrogens is 2. The SMILES string of the molecule is CCc1nn(CCCCOC)c(CC)c1C(O)CC. The van der Waals surface area contributed by atoms with E-state index in [1.807, 2.05) is 6.92 Å². The van der Waals surface area contributed by atoms with E-state index < -0.39 is 0 Å². The zero-order valence-corrected chi connectivity index (χ0v) is 12.8. The third kappa shape index (κ3) is 4.05. The summed E-state index contributed by atoms with van der Waals surface area (Å²) >= 11 is 0. The highest BCUT2D eigenvalue weighted by molar-refractivity contribution is 5.29. The lowest BCUT2D eigenvalue weighted by molar-refractivity contribution is 0.171. The fraction of sp³-hybridized carbons (Fsp3) is 0.800. The maximum Gasteiger partial charge on any atom is 0.0823 e. The van der Waals surface area contributed by atoms with Crippen LogP contribution in [0.5, 0.6) is 0 Å². The number of methoxy groups -OCH3 is 1. The molecule has 19 heavy (non-hydrogen) atoms. The molecule has 0 aliphatic rings. The van der Waals surface area contributed by atoms with Crippen molar-refractivity contribution in [3.8, 4) is 0 Å². The first-order chi connectivity index (χ1) is 9.19. The Kier molecular flexibility index (Phi) is 7.10. The normalized spacial score (nSPS) is 12.9. The minimum absolute atomic E-state index is 0.377. The van der Waals surface area contributed by atoms with Gasteiger partial charge in [-0.25, -0.2) is 0 Å². The molecule has 0 saturated heterocycles. The maximum atomic E-state index is 10.2. The lowest BCUT2D eigenvalue weighted by Gasteiger charge is -2.11. The molecule has 4 nitrogen and oxygen atoms in total. The van der Waals surface area contributed by atoms with Gasteiger partial charge in [-0.15, -0.1) is 0 Å². The lowest BCUT2D eigenvalue weighted by atomic mass is 10.0. The van der Waals surface area contributed by atoms with Crippen molar-refractivity contribution in [1.29, 1.82) is 0 Å². The molecule has 0 radical (unpaired) electrons. The minimum Gasteiger partial charge on any atom is -0.388 e. The van der Waals surface area contributed by atoms with Crippen molar-refractivity contribution in [3.63, 3.8) is 0 Å². The molecule has 1 heterocycles. The van der Waals surface area contributed by atoms with Crippen LogP contribution in [0, 0.1) is 0 Å². The minimum atomic E-state index is -0.377. The fourth-order valence-corrected chi connectivity index (χ4v) is 2.48. The van der Waals surface area contributed by atoms with Gasteiger partial charge >= 0.3 is 0 Å². The molecule has 1 unspecified atom stereocenters. The van der Waals surface area contributed by atoms with Gasteiger partial charge in [-0.1, -0.05) is 20.8 Å². The van der Waals surface area contributed by atoms with Crippen molar-refractivity contribution in [2.75, 3.05) is 13.7 Å². The Labute approximate surface area is 116 Å². The Bertz CT molecular complexity index is 374. The number of hydrogen-bond donors (Lipinski definition) is 1. The van der Waals surface area contributed by atoms with Gasteiger partial charge in [0.25, 0.3) is 0 Å². The van der Waals surface area contributed by atoms with Crippen molar-refractivity contribution in [3.05, 3.63) is 17.0 Å². The molecular weight excluding hydrogens is 240 g/mol. The first kappa shape index (κ1) is 16.2. The van der Waals surface area contributed by atoms with Crippen LogP contribution in [0.25, 0.3) is 0 Å². The monoisotopic (exact) mass is 268 g/mol. The van der Waals surface area contributed by atoms with Crippen LogP contribution >= 0.6 is 0 Å². The van der Waals surface area contributed by atoms with Crippen molar-refractivity contribution in [2.45, 2.75) is 65.5 Å². The molecule has 1 N–H and O–H groups in total. The van der Waals surface area contributed by atoms with Crippen LogP contribution in [0.4, 0.5) is 0 Å². The zero-order chi connectivity index (χ0) is 14.3. The van der Waals surface area contributed by atoms with Crippen molar-refractivity contribution < 1.29 is 9.84 Å². The average molecular weight is 268 g/mol. The van der Waals surface area contributed by atoms with Crippen LogP contribution in [-0.4, -0.2) is 28.6 Å². The van der Waals surface area contributed by atoms with E-state index in [1.165, 1.54) is 5.69 Å². The van der Waals surface area contributed by atoms with E-state index in [4.69, 9.17) is 4.74 Å². The average Bonchev–Trinajstić information content (AvgIpc) is 2.80. The van der Waals surface area contributed by atoms with Gasteiger partial charge in [0, 0.05) is 31.5 Å². The number of nitrogens with zero attached hydrogens (tertiary/aromatic N) is 2. The largest absolute Gasteiger partial charge is 0.388 e. The summed E-state index contributed by atoms with van der Waals surface area (Å²) < 4.78 is 7.16. The molecule has 0 spiro atoms. The molecule has 0 amide bonds. The maximum absolute atomic E-state index is 10.2. The quantitative estimate of drug-likeness (QED) is 0.701. The lowest BCUT2D eigenvalue weighted by Crippen LogP contribution is -2.07. The highest BCUT2D eigenvalue weighted by atomic mass is 16.5. The summed E-state index contributed by atoms with van der Waals surface area (Å²) in [5.74, 6) is 0. The molecule has 1 aromatic rings. The predicted molar refractivity (Wildman–Crippen MR) is 77.3 cm³/mol. The second kappa shape index (κ2) is 8.33. The Balaban J connectivity index is 2.88. The van der Waals surface area contributed by atoms with Crippen LogP contribution < -0.4 is 0 Å². The van der Waals surface area contributed by atoms with Gasteiger partial charge in [0.15, 0.2) is 0 Å². The summed E-state index contributed by atoms with van der Waals surface area (Å²) in [6.07, 6.45) is 4.28. The standard InChI is InChI=1S/C15H28N2O2/c1-5-12-15(14(18)7-3)13(6-2)17(16-12)10-8-9-11-19-4/h14,18H,5-11H2,1-4H3. The van der Waals surface area contributed by atoms with E-state index in [2.05, 4.69) is 23.6 Å². The summed E-state index contributed by atoms with van der Waals surface area (Å²) in [7, 11) is 1.73. The number of hydrogen-bond acceptors (Lipinski definition) is 3. The molecule has 0 aliphatic heterocycles. The topological polar surface area (TPSA) is 47.3 Å². The molecule has 110 valence electrons. The first-order valence-corrected chi connectivity index (χ1v) is 7.44. The van der Waals surface area contributed by atoms with Gasteiger partial charge in [0.05, 0.1) is 11.8 Å².